The molecule has 0 aliphatic rings. The fourth-order valence-electron chi connectivity index (χ4n) is 4.20. The molecule has 0 saturated carbocycles. The molecular formula is C30H35Cl2N3O4S. The van der Waals surface area contributed by atoms with Gasteiger partial charge in [-0.15, -0.1) is 0 Å². The molecule has 7 nitrogen and oxygen atoms in total. The number of nitrogens with zero attached hydrogens (tertiary/aromatic N) is 2. The lowest BCUT2D eigenvalue weighted by Crippen LogP contribution is -2.54. The fourth-order valence-corrected chi connectivity index (χ4v) is 6.19. The summed E-state index contributed by atoms with van der Waals surface area (Å²) in [4.78, 5) is 28.7. The average molecular weight is 605 g/mol. The summed E-state index contributed by atoms with van der Waals surface area (Å²) in [5, 5.41) is 3.56. The van der Waals surface area contributed by atoms with Crippen molar-refractivity contribution < 1.29 is 18.0 Å². The first-order valence-corrected chi connectivity index (χ1v) is 15.2. The number of amides is 2. The third-order valence-electron chi connectivity index (χ3n) is 6.31. The van der Waals surface area contributed by atoms with Gasteiger partial charge in [-0.05, 0) is 70.0 Å². The van der Waals surface area contributed by atoms with E-state index in [4.69, 9.17) is 23.2 Å². The standard InChI is InChI=1S/C30H35Cl2N3O4S/c1-6-22-13-10-11-18-27(22)35(40(38,39)23-14-8-7-9-15-23)20-28(36)34(21(2)29(37)33-30(3,4)5)19-24-25(31)16-12-17-26(24)32/h7-18,21H,6,19-20H2,1-5H3,(H,33,37)/t21-/m0/s1. The maximum atomic E-state index is 14.1. The molecule has 0 unspecified atom stereocenters. The zero-order valence-corrected chi connectivity index (χ0v) is 25.6. The van der Waals surface area contributed by atoms with E-state index in [9.17, 15) is 18.0 Å². The van der Waals surface area contributed by atoms with Crippen molar-refractivity contribution in [2.75, 3.05) is 10.8 Å². The van der Waals surface area contributed by atoms with Crippen LogP contribution in [-0.2, 0) is 32.6 Å². The summed E-state index contributed by atoms with van der Waals surface area (Å²) in [6.07, 6.45) is 0.550. The van der Waals surface area contributed by atoms with E-state index in [1.165, 1.54) is 17.0 Å². The molecule has 0 fully saturated rings. The van der Waals surface area contributed by atoms with Crippen molar-refractivity contribution in [2.45, 2.75) is 64.1 Å². The minimum atomic E-state index is -4.15. The van der Waals surface area contributed by atoms with Crippen LogP contribution < -0.4 is 9.62 Å². The number of hydrogen-bond acceptors (Lipinski definition) is 4. The Kier molecular flexibility index (Phi) is 10.3. The van der Waals surface area contributed by atoms with Gasteiger partial charge in [0.25, 0.3) is 10.0 Å². The predicted molar refractivity (Wildman–Crippen MR) is 161 cm³/mol. The molecule has 0 aromatic heterocycles. The fraction of sp³-hybridized carbons (Fsp3) is 0.333. The van der Waals surface area contributed by atoms with Crippen molar-refractivity contribution in [1.29, 1.82) is 0 Å². The van der Waals surface area contributed by atoms with Gasteiger partial charge in [0, 0.05) is 27.7 Å². The molecule has 0 saturated heterocycles. The molecular weight excluding hydrogens is 569 g/mol. The van der Waals surface area contributed by atoms with Gasteiger partial charge in [0.05, 0.1) is 10.6 Å². The number of carbonyl (C=O) groups is 2. The lowest BCUT2D eigenvalue weighted by atomic mass is 10.1. The Balaban J connectivity index is 2.10. The molecule has 0 spiro atoms. The number of hydrogen-bond donors (Lipinski definition) is 1. The summed E-state index contributed by atoms with van der Waals surface area (Å²) >= 11 is 12.9. The number of carbonyl (C=O) groups excluding carboxylic acids is 2. The van der Waals surface area contributed by atoms with E-state index in [1.54, 1.807) is 55.5 Å². The summed E-state index contributed by atoms with van der Waals surface area (Å²) < 4.78 is 29.0. The summed E-state index contributed by atoms with van der Waals surface area (Å²) in [6, 6.07) is 19.0. The van der Waals surface area contributed by atoms with Gasteiger partial charge in [0.15, 0.2) is 0 Å². The second-order valence-electron chi connectivity index (χ2n) is 10.4. The van der Waals surface area contributed by atoms with Crippen LogP contribution in [0.3, 0.4) is 0 Å². The Morgan fingerprint density at radius 1 is 0.900 bits per heavy atom. The SMILES string of the molecule is CCc1ccccc1N(CC(=O)N(Cc1c(Cl)cccc1Cl)[C@@H](C)C(=O)NC(C)(C)C)S(=O)(=O)c1ccccc1. The predicted octanol–water partition coefficient (Wildman–Crippen LogP) is 6.08. The first kappa shape index (κ1) is 31.5. The maximum Gasteiger partial charge on any atom is 0.264 e. The number of anilines is 1. The number of nitrogens with one attached hydrogen (secondary N) is 1. The van der Waals surface area contributed by atoms with E-state index in [0.29, 0.717) is 27.7 Å². The van der Waals surface area contributed by atoms with Crippen LogP contribution in [0.2, 0.25) is 10.0 Å². The van der Waals surface area contributed by atoms with Crippen molar-refractivity contribution in [3.63, 3.8) is 0 Å². The smallest absolute Gasteiger partial charge is 0.264 e. The number of benzene rings is 3. The highest BCUT2D eigenvalue weighted by Crippen LogP contribution is 2.30. The van der Waals surface area contributed by atoms with Crippen LogP contribution in [0.1, 0.15) is 45.7 Å². The van der Waals surface area contributed by atoms with Gasteiger partial charge in [-0.2, -0.15) is 0 Å². The van der Waals surface area contributed by atoms with Crippen molar-refractivity contribution in [3.05, 3.63) is 94.0 Å². The minimum absolute atomic E-state index is 0.0490. The van der Waals surface area contributed by atoms with E-state index in [-0.39, 0.29) is 11.4 Å². The molecule has 3 aromatic rings. The monoisotopic (exact) mass is 603 g/mol. The van der Waals surface area contributed by atoms with Gasteiger partial charge in [0.2, 0.25) is 11.8 Å². The first-order valence-electron chi connectivity index (χ1n) is 13.0. The molecule has 0 aliphatic carbocycles. The Hall–Kier alpha value is -3.07. The van der Waals surface area contributed by atoms with Crippen LogP contribution >= 0.6 is 23.2 Å². The van der Waals surface area contributed by atoms with Crippen molar-refractivity contribution in [1.82, 2.24) is 10.2 Å². The van der Waals surface area contributed by atoms with Crippen LogP contribution in [0.5, 0.6) is 0 Å². The van der Waals surface area contributed by atoms with E-state index in [2.05, 4.69) is 5.32 Å². The molecule has 3 rings (SSSR count). The number of halogens is 2. The van der Waals surface area contributed by atoms with E-state index >= 15 is 0 Å². The molecule has 0 bridgehead atoms. The Labute approximate surface area is 247 Å². The molecule has 0 aliphatic heterocycles. The van der Waals surface area contributed by atoms with Crippen molar-refractivity contribution in [3.8, 4) is 0 Å². The van der Waals surface area contributed by atoms with Gasteiger partial charge in [-0.1, -0.05) is 72.6 Å². The van der Waals surface area contributed by atoms with Crippen molar-refractivity contribution in [2.24, 2.45) is 0 Å². The van der Waals surface area contributed by atoms with Crippen molar-refractivity contribution >= 4 is 50.7 Å². The molecule has 1 N–H and O–H groups in total. The van der Waals surface area contributed by atoms with E-state index in [0.717, 1.165) is 9.87 Å². The molecule has 3 aromatic carbocycles. The minimum Gasteiger partial charge on any atom is -0.350 e. The van der Waals surface area contributed by atoms with E-state index in [1.807, 2.05) is 39.8 Å². The average Bonchev–Trinajstić information content (AvgIpc) is 2.90. The Morgan fingerprint density at radius 2 is 1.48 bits per heavy atom. The number of para-hydroxylation sites is 1. The van der Waals surface area contributed by atoms with Crippen LogP contribution in [0, 0.1) is 0 Å². The highest BCUT2D eigenvalue weighted by atomic mass is 35.5. The van der Waals surface area contributed by atoms with Gasteiger partial charge >= 0.3 is 0 Å². The zero-order chi connectivity index (χ0) is 29.7. The molecule has 0 radical (unpaired) electrons. The Bertz CT molecular complexity index is 1440. The lowest BCUT2D eigenvalue weighted by molar-refractivity contribution is -0.140. The summed E-state index contributed by atoms with van der Waals surface area (Å²) in [5.74, 6) is -0.978. The Morgan fingerprint density at radius 3 is 2.05 bits per heavy atom. The van der Waals surface area contributed by atoms with Gasteiger partial charge in [-0.25, -0.2) is 8.42 Å². The van der Waals surface area contributed by atoms with Crippen LogP contribution in [-0.4, -0.2) is 43.3 Å². The zero-order valence-electron chi connectivity index (χ0n) is 23.3. The summed E-state index contributed by atoms with van der Waals surface area (Å²) in [6.45, 7) is 8.40. The second kappa shape index (κ2) is 13.1. The number of rotatable bonds is 10. The lowest BCUT2D eigenvalue weighted by Gasteiger charge is -2.34. The summed E-state index contributed by atoms with van der Waals surface area (Å²) in [7, 11) is -4.15. The number of sulfonamides is 1. The van der Waals surface area contributed by atoms with Gasteiger partial charge in [-0.3, -0.25) is 13.9 Å². The molecule has 0 heterocycles. The molecule has 214 valence electrons. The third-order valence-corrected chi connectivity index (χ3v) is 8.79. The van der Waals surface area contributed by atoms with Gasteiger partial charge < -0.3 is 10.2 Å². The number of aryl methyl sites for hydroxylation is 1. The quantitative estimate of drug-likeness (QED) is 0.304. The molecule has 2 amide bonds. The van der Waals surface area contributed by atoms with Crippen LogP contribution in [0.25, 0.3) is 0 Å². The van der Waals surface area contributed by atoms with Gasteiger partial charge in [0.1, 0.15) is 12.6 Å². The highest BCUT2D eigenvalue weighted by molar-refractivity contribution is 7.92. The molecule has 40 heavy (non-hydrogen) atoms. The van der Waals surface area contributed by atoms with Crippen LogP contribution in [0.4, 0.5) is 5.69 Å². The first-order chi connectivity index (χ1) is 18.8. The van der Waals surface area contributed by atoms with E-state index < -0.39 is 40.0 Å². The second-order valence-corrected chi connectivity index (χ2v) is 13.1. The largest absolute Gasteiger partial charge is 0.350 e. The van der Waals surface area contributed by atoms with Crippen LogP contribution in [0.15, 0.2) is 77.7 Å². The third kappa shape index (κ3) is 7.56. The maximum absolute atomic E-state index is 14.1. The molecule has 1 atom stereocenters. The summed E-state index contributed by atoms with van der Waals surface area (Å²) in [5.41, 5.74) is 1.06. The normalized spacial score (nSPS) is 12.5. The topological polar surface area (TPSA) is 86.8 Å². The highest BCUT2D eigenvalue weighted by Gasteiger charge is 2.34. The molecule has 10 heteroatoms.